The minimum absolute atomic E-state index is 0.221. The highest BCUT2D eigenvalue weighted by atomic mass is 16.1. The van der Waals surface area contributed by atoms with Crippen molar-refractivity contribution in [3.05, 3.63) is 35.4 Å². The van der Waals surface area contributed by atoms with Crippen LogP contribution < -0.4 is 11.6 Å². The molecule has 62 valence electrons. The summed E-state index contributed by atoms with van der Waals surface area (Å²) in [7, 11) is 0. The number of hydrogen-bond acceptors (Lipinski definition) is 3. The van der Waals surface area contributed by atoms with E-state index >= 15 is 0 Å². The van der Waals surface area contributed by atoms with Crippen LogP contribution in [-0.2, 0) is 0 Å². The standard InChI is InChI=1S/C8H9N3O/c9-8(11-10)7-3-1-2-6(4-7)5-12/h1-5H,10H2,(H2,9,11). The van der Waals surface area contributed by atoms with Crippen molar-refractivity contribution < 1.29 is 4.79 Å². The summed E-state index contributed by atoms with van der Waals surface area (Å²) in [5, 5.41) is 3.31. The van der Waals surface area contributed by atoms with Crippen molar-refractivity contribution in [1.29, 1.82) is 0 Å². The van der Waals surface area contributed by atoms with Crippen molar-refractivity contribution in [3.8, 4) is 0 Å². The molecule has 4 heteroatoms. The number of carbonyl (C=O) groups is 1. The van der Waals surface area contributed by atoms with Gasteiger partial charge in [-0.25, -0.2) is 0 Å². The molecule has 0 aliphatic rings. The predicted molar refractivity (Wildman–Crippen MR) is 46.7 cm³/mol. The molecule has 1 aromatic rings. The van der Waals surface area contributed by atoms with Gasteiger partial charge in [0.05, 0.1) is 0 Å². The van der Waals surface area contributed by atoms with E-state index in [1.165, 1.54) is 0 Å². The molecule has 0 heterocycles. The van der Waals surface area contributed by atoms with Gasteiger partial charge in [-0.05, 0) is 6.07 Å². The van der Waals surface area contributed by atoms with Crippen LogP contribution in [-0.4, -0.2) is 12.1 Å². The second-order valence-corrected chi connectivity index (χ2v) is 2.26. The normalized spacial score (nSPS) is 11.2. The Labute approximate surface area is 69.9 Å². The van der Waals surface area contributed by atoms with E-state index in [2.05, 4.69) is 5.10 Å². The van der Waals surface area contributed by atoms with E-state index in [-0.39, 0.29) is 5.84 Å². The number of nitrogens with zero attached hydrogens (tertiary/aromatic N) is 1. The van der Waals surface area contributed by atoms with Gasteiger partial charge in [-0.3, -0.25) is 4.79 Å². The van der Waals surface area contributed by atoms with Crippen LogP contribution in [0.25, 0.3) is 0 Å². The van der Waals surface area contributed by atoms with Gasteiger partial charge in [0, 0.05) is 11.1 Å². The Morgan fingerprint density at radius 1 is 1.50 bits per heavy atom. The Hall–Kier alpha value is -1.84. The second-order valence-electron chi connectivity index (χ2n) is 2.26. The lowest BCUT2D eigenvalue weighted by Crippen LogP contribution is -2.15. The summed E-state index contributed by atoms with van der Waals surface area (Å²) in [5.74, 6) is 5.19. The largest absolute Gasteiger partial charge is 0.382 e. The topological polar surface area (TPSA) is 81.5 Å². The fraction of sp³-hybridized carbons (Fsp3) is 0. The summed E-state index contributed by atoms with van der Waals surface area (Å²) in [5.41, 5.74) is 6.64. The van der Waals surface area contributed by atoms with Crippen molar-refractivity contribution in [2.75, 3.05) is 0 Å². The number of benzene rings is 1. The van der Waals surface area contributed by atoms with Crippen LogP contribution in [0.15, 0.2) is 29.4 Å². The third-order valence-corrected chi connectivity index (χ3v) is 1.46. The minimum Gasteiger partial charge on any atom is -0.382 e. The molecule has 0 fully saturated rings. The lowest BCUT2D eigenvalue weighted by Gasteiger charge is -1.98. The maximum absolute atomic E-state index is 10.4. The molecule has 4 nitrogen and oxygen atoms in total. The molecular weight excluding hydrogens is 154 g/mol. The summed E-state index contributed by atoms with van der Waals surface area (Å²) in [6.45, 7) is 0. The van der Waals surface area contributed by atoms with E-state index in [1.807, 2.05) is 0 Å². The molecule has 0 aliphatic heterocycles. The van der Waals surface area contributed by atoms with Gasteiger partial charge in [0.25, 0.3) is 0 Å². The third kappa shape index (κ3) is 1.60. The number of nitrogens with two attached hydrogens (primary N) is 2. The van der Waals surface area contributed by atoms with Gasteiger partial charge in [-0.2, -0.15) is 5.10 Å². The number of rotatable bonds is 2. The first-order valence-corrected chi connectivity index (χ1v) is 3.37. The summed E-state index contributed by atoms with van der Waals surface area (Å²) in [6, 6.07) is 6.76. The molecule has 0 saturated carbocycles. The molecule has 0 unspecified atom stereocenters. The van der Waals surface area contributed by atoms with Crippen molar-refractivity contribution >= 4 is 12.1 Å². The van der Waals surface area contributed by atoms with Crippen molar-refractivity contribution in [2.45, 2.75) is 0 Å². The van der Waals surface area contributed by atoms with E-state index in [9.17, 15) is 4.79 Å². The molecule has 0 atom stereocenters. The molecule has 1 aromatic carbocycles. The zero-order valence-corrected chi connectivity index (χ0v) is 6.40. The number of amidine groups is 1. The molecule has 0 bridgehead atoms. The number of hydrogen-bond donors (Lipinski definition) is 2. The first-order chi connectivity index (χ1) is 5.77. The average Bonchev–Trinajstić information content (AvgIpc) is 2.17. The van der Waals surface area contributed by atoms with E-state index in [1.54, 1.807) is 24.3 Å². The summed E-state index contributed by atoms with van der Waals surface area (Å²) < 4.78 is 0. The molecule has 0 aromatic heterocycles. The van der Waals surface area contributed by atoms with Crippen LogP contribution in [0.4, 0.5) is 0 Å². The van der Waals surface area contributed by atoms with Crippen LogP contribution >= 0.6 is 0 Å². The minimum atomic E-state index is 0.221. The Balaban J connectivity index is 3.10. The molecule has 0 spiro atoms. The van der Waals surface area contributed by atoms with Gasteiger partial charge in [-0.15, -0.1) is 0 Å². The smallest absolute Gasteiger partial charge is 0.150 e. The molecule has 0 saturated heterocycles. The molecule has 12 heavy (non-hydrogen) atoms. The van der Waals surface area contributed by atoms with Crippen LogP contribution in [0.3, 0.4) is 0 Å². The van der Waals surface area contributed by atoms with Crippen LogP contribution in [0, 0.1) is 0 Å². The Kier molecular flexibility index (Phi) is 2.42. The molecule has 1 rings (SSSR count). The maximum atomic E-state index is 10.4. The first-order valence-electron chi connectivity index (χ1n) is 3.37. The van der Waals surface area contributed by atoms with Gasteiger partial charge >= 0.3 is 0 Å². The van der Waals surface area contributed by atoms with Gasteiger partial charge < -0.3 is 11.6 Å². The highest BCUT2D eigenvalue weighted by molar-refractivity contribution is 5.98. The second kappa shape index (κ2) is 3.52. The van der Waals surface area contributed by atoms with E-state index in [0.29, 0.717) is 11.1 Å². The Bertz CT molecular complexity index is 320. The SMILES string of the molecule is N/N=C(\N)c1cccc(C=O)c1. The van der Waals surface area contributed by atoms with Crippen LogP contribution in [0.1, 0.15) is 15.9 Å². The Morgan fingerprint density at radius 2 is 2.25 bits per heavy atom. The number of aldehydes is 1. The lowest BCUT2D eigenvalue weighted by molar-refractivity contribution is 0.112. The summed E-state index contributed by atoms with van der Waals surface area (Å²) in [6.07, 6.45) is 0.743. The highest BCUT2D eigenvalue weighted by Gasteiger charge is 1.97. The molecule has 0 aliphatic carbocycles. The fourth-order valence-corrected chi connectivity index (χ4v) is 0.846. The van der Waals surface area contributed by atoms with Gasteiger partial charge in [0.15, 0.2) is 0 Å². The van der Waals surface area contributed by atoms with Crippen molar-refractivity contribution in [1.82, 2.24) is 0 Å². The average molecular weight is 163 g/mol. The summed E-state index contributed by atoms with van der Waals surface area (Å²) in [4.78, 5) is 10.4. The third-order valence-electron chi connectivity index (χ3n) is 1.46. The fourth-order valence-electron chi connectivity index (χ4n) is 0.846. The predicted octanol–water partition coefficient (Wildman–Crippen LogP) is 0.0781. The first kappa shape index (κ1) is 8.26. The van der Waals surface area contributed by atoms with Gasteiger partial charge in [0.1, 0.15) is 12.1 Å². The molecular formula is C8H9N3O. The number of hydrazone groups is 1. The Morgan fingerprint density at radius 3 is 2.83 bits per heavy atom. The van der Waals surface area contributed by atoms with E-state index in [4.69, 9.17) is 11.6 Å². The van der Waals surface area contributed by atoms with Gasteiger partial charge in [-0.1, -0.05) is 18.2 Å². The van der Waals surface area contributed by atoms with E-state index in [0.717, 1.165) is 6.29 Å². The number of carbonyl (C=O) groups excluding carboxylic acids is 1. The van der Waals surface area contributed by atoms with Crippen molar-refractivity contribution in [3.63, 3.8) is 0 Å². The van der Waals surface area contributed by atoms with E-state index < -0.39 is 0 Å². The zero-order chi connectivity index (χ0) is 8.97. The molecule has 0 amide bonds. The summed E-state index contributed by atoms with van der Waals surface area (Å²) >= 11 is 0. The lowest BCUT2D eigenvalue weighted by atomic mass is 10.1. The van der Waals surface area contributed by atoms with Gasteiger partial charge in [0.2, 0.25) is 0 Å². The van der Waals surface area contributed by atoms with Crippen LogP contribution in [0.2, 0.25) is 0 Å². The molecule has 4 N–H and O–H groups in total. The molecule has 0 radical (unpaired) electrons. The van der Waals surface area contributed by atoms with Crippen molar-refractivity contribution in [2.24, 2.45) is 16.7 Å². The zero-order valence-electron chi connectivity index (χ0n) is 6.40. The monoisotopic (exact) mass is 163 g/mol. The highest BCUT2D eigenvalue weighted by Crippen LogP contribution is 2.01. The maximum Gasteiger partial charge on any atom is 0.150 e. The quantitative estimate of drug-likeness (QED) is 0.213. The van der Waals surface area contributed by atoms with Crippen LogP contribution in [0.5, 0.6) is 0 Å².